The van der Waals surface area contributed by atoms with Gasteiger partial charge in [-0.05, 0) is 24.6 Å². The van der Waals surface area contributed by atoms with Crippen LogP contribution in [-0.2, 0) is 10.0 Å². The van der Waals surface area contributed by atoms with Crippen LogP contribution < -0.4 is 4.72 Å². The van der Waals surface area contributed by atoms with E-state index in [1.165, 1.54) is 36.4 Å². The smallest absolute Gasteiger partial charge is 0.258 e. The molecule has 0 fully saturated rings. The third kappa shape index (κ3) is 4.51. The molecule has 2 rings (SSSR count). The van der Waals surface area contributed by atoms with Gasteiger partial charge in [-0.25, -0.2) is 13.1 Å². The van der Waals surface area contributed by atoms with Gasteiger partial charge >= 0.3 is 0 Å². The Morgan fingerprint density at radius 1 is 1.13 bits per heavy atom. The lowest BCUT2D eigenvalue weighted by Gasteiger charge is -2.12. The van der Waals surface area contributed by atoms with Crippen LogP contribution in [0, 0.1) is 17.0 Å². The molecule has 0 radical (unpaired) electrons. The number of hydrogen-bond donors (Lipinski definition) is 1. The van der Waals surface area contributed by atoms with Crippen LogP contribution >= 0.6 is 11.6 Å². The van der Waals surface area contributed by atoms with Gasteiger partial charge in [0.05, 0.1) is 15.2 Å². The fourth-order valence-corrected chi connectivity index (χ4v) is 3.27. The summed E-state index contributed by atoms with van der Waals surface area (Å²) in [7, 11) is -3.64. The number of aryl methyl sites for hydroxylation is 1. The maximum absolute atomic E-state index is 12.2. The second-order valence-corrected chi connectivity index (χ2v) is 7.27. The van der Waals surface area contributed by atoms with E-state index >= 15 is 0 Å². The third-order valence-corrected chi connectivity index (χ3v) is 5.10. The van der Waals surface area contributed by atoms with E-state index in [1.807, 2.05) is 6.92 Å². The van der Waals surface area contributed by atoms with Crippen LogP contribution in [0.4, 0.5) is 5.69 Å². The van der Waals surface area contributed by atoms with E-state index in [-0.39, 0.29) is 17.1 Å². The molecule has 1 N–H and O–H groups in total. The standard InChI is InChI=1S/C15H15ClN2O4S/c1-11-2-8-14(9-3-11)23(21,22)17-10-15(16)12-4-6-13(7-5-12)18(19)20/h2-9,15,17H,10H2,1H3/t15-/m0/s1. The molecule has 0 bridgehead atoms. The molecule has 1 atom stereocenters. The first-order valence-electron chi connectivity index (χ1n) is 6.74. The maximum Gasteiger partial charge on any atom is 0.269 e. The van der Waals surface area contributed by atoms with Crippen molar-refractivity contribution in [1.82, 2.24) is 4.72 Å². The Kier molecular flexibility index (Phi) is 5.35. The average Bonchev–Trinajstić information content (AvgIpc) is 2.53. The molecule has 0 aliphatic rings. The summed E-state index contributed by atoms with van der Waals surface area (Å²) in [4.78, 5) is 10.3. The number of alkyl halides is 1. The Labute approximate surface area is 139 Å². The molecule has 23 heavy (non-hydrogen) atoms. The Morgan fingerprint density at radius 3 is 2.22 bits per heavy atom. The van der Waals surface area contributed by atoms with Crippen LogP contribution in [0.3, 0.4) is 0 Å². The SMILES string of the molecule is Cc1ccc(S(=O)(=O)NC[C@H](Cl)c2ccc([N+](=O)[O-])cc2)cc1. The summed E-state index contributed by atoms with van der Waals surface area (Å²) in [6.07, 6.45) is 0. The second kappa shape index (κ2) is 7.08. The number of halogens is 1. The summed E-state index contributed by atoms with van der Waals surface area (Å²) in [6.45, 7) is 1.85. The summed E-state index contributed by atoms with van der Waals surface area (Å²) in [5.41, 5.74) is 1.52. The van der Waals surface area contributed by atoms with E-state index in [0.29, 0.717) is 5.56 Å². The summed E-state index contributed by atoms with van der Waals surface area (Å²) < 4.78 is 26.8. The van der Waals surface area contributed by atoms with E-state index in [1.54, 1.807) is 12.1 Å². The number of nitro groups is 1. The van der Waals surface area contributed by atoms with Gasteiger partial charge in [-0.15, -0.1) is 11.6 Å². The minimum absolute atomic E-state index is 0.0183. The van der Waals surface area contributed by atoms with Gasteiger partial charge in [-0.1, -0.05) is 29.8 Å². The van der Waals surface area contributed by atoms with Crippen molar-refractivity contribution in [3.8, 4) is 0 Å². The predicted molar refractivity (Wildman–Crippen MR) is 88.1 cm³/mol. The molecular formula is C15H15ClN2O4S. The highest BCUT2D eigenvalue weighted by atomic mass is 35.5. The van der Waals surface area contributed by atoms with Gasteiger partial charge in [-0.3, -0.25) is 10.1 Å². The van der Waals surface area contributed by atoms with Crippen molar-refractivity contribution in [2.45, 2.75) is 17.2 Å². The molecule has 0 heterocycles. The minimum atomic E-state index is -3.64. The largest absolute Gasteiger partial charge is 0.269 e. The Hall–Kier alpha value is -1.96. The maximum atomic E-state index is 12.2. The summed E-state index contributed by atoms with van der Waals surface area (Å²) in [5, 5.41) is 9.97. The monoisotopic (exact) mass is 354 g/mol. The number of hydrogen-bond acceptors (Lipinski definition) is 4. The number of benzene rings is 2. The van der Waals surface area contributed by atoms with Gasteiger partial charge < -0.3 is 0 Å². The zero-order valence-corrected chi connectivity index (χ0v) is 13.8. The van der Waals surface area contributed by atoms with Crippen LogP contribution in [0.15, 0.2) is 53.4 Å². The summed E-state index contributed by atoms with van der Waals surface area (Å²) >= 11 is 6.16. The van der Waals surface area contributed by atoms with Gasteiger partial charge in [0, 0.05) is 18.7 Å². The number of nitrogens with zero attached hydrogens (tertiary/aromatic N) is 1. The third-order valence-electron chi connectivity index (χ3n) is 3.25. The van der Waals surface area contributed by atoms with Crippen molar-refractivity contribution in [1.29, 1.82) is 0 Å². The first-order chi connectivity index (χ1) is 10.8. The van der Waals surface area contributed by atoms with Gasteiger partial charge in [0.25, 0.3) is 5.69 Å². The zero-order chi connectivity index (χ0) is 17.0. The first-order valence-corrected chi connectivity index (χ1v) is 8.66. The van der Waals surface area contributed by atoms with Crippen LogP contribution in [0.5, 0.6) is 0 Å². The number of nitro benzene ring substituents is 1. The van der Waals surface area contributed by atoms with Gasteiger partial charge in [0.15, 0.2) is 0 Å². The quantitative estimate of drug-likeness (QED) is 0.490. The average molecular weight is 355 g/mol. The van der Waals surface area contributed by atoms with Crippen molar-refractivity contribution < 1.29 is 13.3 Å². The predicted octanol–water partition coefficient (Wildman–Crippen LogP) is 3.16. The Balaban J connectivity index is 2.04. The number of sulfonamides is 1. The lowest BCUT2D eigenvalue weighted by Crippen LogP contribution is -2.27. The lowest BCUT2D eigenvalue weighted by molar-refractivity contribution is -0.384. The molecule has 0 aliphatic heterocycles. The van der Waals surface area contributed by atoms with Gasteiger partial charge in [0.2, 0.25) is 10.0 Å². The zero-order valence-electron chi connectivity index (χ0n) is 12.3. The molecule has 0 aromatic heterocycles. The number of rotatable bonds is 6. The number of non-ortho nitro benzene ring substituents is 1. The molecule has 2 aromatic rings. The molecule has 0 saturated heterocycles. The molecule has 122 valence electrons. The molecule has 8 heteroatoms. The number of nitrogens with one attached hydrogen (secondary N) is 1. The van der Waals surface area contributed by atoms with Crippen molar-refractivity contribution in [3.05, 3.63) is 69.8 Å². The van der Waals surface area contributed by atoms with Crippen LogP contribution in [0.1, 0.15) is 16.5 Å². The molecule has 0 unspecified atom stereocenters. The van der Waals surface area contributed by atoms with E-state index < -0.39 is 20.3 Å². The Bertz CT molecular complexity index is 789. The normalized spacial score (nSPS) is 12.8. The molecule has 2 aromatic carbocycles. The topological polar surface area (TPSA) is 89.3 Å². The highest BCUT2D eigenvalue weighted by Crippen LogP contribution is 2.23. The highest BCUT2D eigenvalue weighted by molar-refractivity contribution is 7.89. The molecule has 0 saturated carbocycles. The van der Waals surface area contributed by atoms with Crippen molar-refractivity contribution in [2.24, 2.45) is 0 Å². The molecule has 0 aliphatic carbocycles. The van der Waals surface area contributed by atoms with E-state index in [4.69, 9.17) is 11.6 Å². The molecule has 0 spiro atoms. The minimum Gasteiger partial charge on any atom is -0.258 e. The summed E-state index contributed by atoms with van der Waals surface area (Å²) in [6, 6.07) is 12.1. The Morgan fingerprint density at radius 2 is 1.70 bits per heavy atom. The highest BCUT2D eigenvalue weighted by Gasteiger charge is 2.17. The van der Waals surface area contributed by atoms with E-state index in [2.05, 4.69) is 4.72 Å². The molecule has 6 nitrogen and oxygen atoms in total. The van der Waals surface area contributed by atoms with E-state index in [9.17, 15) is 18.5 Å². The molecule has 0 amide bonds. The van der Waals surface area contributed by atoms with Crippen LogP contribution in [-0.4, -0.2) is 19.9 Å². The first kappa shape index (κ1) is 17.4. The summed E-state index contributed by atoms with van der Waals surface area (Å²) in [5.74, 6) is 0. The lowest BCUT2D eigenvalue weighted by atomic mass is 10.1. The fourth-order valence-electron chi connectivity index (χ4n) is 1.91. The van der Waals surface area contributed by atoms with Crippen LogP contribution in [0.2, 0.25) is 0 Å². The van der Waals surface area contributed by atoms with Crippen molar-refractivity contribution >= 4 is 27.3 Å². The molecular weight excluding hydrogens is 340 g/mol. The fraction of sp³-hybridized carbons (Fsp3) is 0.200. The van der Waals surface area contributed by atoms with E-state index in [0.717, 1.165) is 5.56 Å². The van der Waals surface area contributed by atoms with Gasteiger partial charge in [-0.2, -0.15) is 0 Å². The van der Waals surface area contributed by atoms with Crippen molar-refractivity contribution in [2.75, 3.05) is 6.54 Å². The van der Waals surface area contributed by atoms with Crippen LogP contribution in [0.25, 0.3) is 0 Å². The van der Waals surface area contributed by atoms with Crippen molar-refractivity contribution in [3.63, 3.8) is 0 Å². The van der Waals surface area contributed by atoms with Gasteiger partial charge in [0.1, 0.15) is 0 Å². The second-order valence-electron chi connectivity index (χ2n) is 4.98.